The summed E-state index contributed by atoms with van der Waals surface area (Å²) in [6.07, 6.45) is 1.41. The fraction of sp³-hybridized carbons (Fsp3) is 0.125. The summed E-state index contributed by atoms with van der Waals surface area (Å²) in [7, 11) is 0. The highest BCUT2D eigenvalue weighted by Crippen LogP contribution is 2.05. The van der Waals surface area contributed by atoms with Crippen LogP contribution in [0.25, 0.3) is 0 Å². The Morgan fingerprint density at radius 1 is 1.36 bits per heavy atom. The largest absolute Gasteiger partial charge is 0.244 e. The standard InChI is InChI=1S/C8H5N3/c1-6-2-8(4-10)11-5-7(6)3-9/h2,5H,1H3. The van der Waals surface area contributed by atoms with Crippen LogP contribution in [0, 0.1) is 29.6 Å². The van der Waals surface area contributed by atoms with Crippen molar-refractivity contribution in [2.75, 3.05) is 0 Å². The molecule has 3 nitrogen and oxygen atoms in total. The Hall–Kier alpha value is -1.87. The number of nitrogens with zero attached hydrogens (tertiary/aromatic N) is 3. The summed E-state index contributed by atoms with van der Waals surface area (Å²) in [6, 6.07) is 5.47. The molecule has 0 aliphatic heterocycles. The monoisotopic (exact) mass is 143 g/mol. The van der Waals surface area contributed by atoms with Crippen molar-refractivity contribution in [3.63, 3.8) is 0 Å². The average Bonchev–Trinajstić information content (AvgIpc) is 2.04. The van der Waals surface area contributed by atoms with E-state index in [2.05, 4.69) is 4.98 Å². The lowest BCUT2D eigenvalue weighted by atomic mass is 10.1. The first-order chi connectivity index (χ1) is 5.27. The van der Waals surface area contributed by atoms with Gasteiger partial charge in [-0.2, -0.15) is 10.5 Å². The summed E-state index contributed by atoms with van der Waals surface area (Å²) in [5.74, 6) is 0. The Morgan fingerprint density at radius 3 is 2.55 bits per heavy atom. The van der Waals surface area contributed by atoms with Crippen LogP contribution in [0.15, 0.2) is 12.3 Å². The van der Waals surface area contributed by atoms with E-state index >= 15 is 0 Å². The van der Waals surface area contributed by atoms with E-state index in [4.69, 9.17) is 10.5 Å². The molecule has 0 bridgehead atoms. The Morgan fingerprint density at radius 2 is 2.09 bits per heavy atom. The molecule has 1 rings (SSSR count). The first-order valence-electron chi connectivity index (χ1n) is 3.05. The van der Waals surface area contributed by atoms with Gasteiger partial charge in [-0.15, -0.1) is 0 Å². The van der Waals surface area contributed by atoms with E-state index in [1.807, 2.05) is 12.1 Å². The van der Waals surface area contributed by atoms with E-state index in [0.717, 1.165) is 5.56 Å². The molecule has 0 aliphatic carbocycles. The predicted octanol–water partition coefficient (Wildman–Crippen LogP) is 1.13. The van der Waals surface area contributed by atoms with Crippen LogP contribution in [0.4, 0.5) is 0 Å². The molecule has 0 saturated carbocycles. The predicted molar refractivity (Wildman–Crippen MR) is 38.4 cm³/mol. The van der Waals surface area contributed by atoms with Gasteiger partial charge in [-0.3, -0.25) is 0 Å². The number of pyridine rings is 1. The highest BCUT2D eigenvalue weighted by molar-refractivity contribution is 5.38. The van der Waals surface area contributed by atoms with Gasteiger partial charge >= 0.3 is 0 Å². The molecule has 0 N–H and O–H groups in total. The highest BCUT2D eigenvalue weighted by Gasteiger charge is 1.98. The molecule has 0 radical (unpaired) electrons. The van der Waals surface area contributed by atoms with Gasteiger partial charge in [-0.1, -0.05) is 0 Å². The second-order valence-electron chi connectivity index (χ2n) is 2.11. The maximum atomic E-state index is 8.51. The van der Waals surface area contributed by atoms with Gasteiger partial charge in [0.15, 0.2) is 0 Å². The second-order valence-corrected chi connectivity index (χ2v) is 2.11. The van der Waals surface area contributed by atoms with Crippen molar-refractivity contribution in [2.45, 2.75) is 6.92 Å². The molecule has 1 aromatic heterocycles. The molecular formula is C8H5N3. The van der Waals surface area contributed by atoms with Crippen molar-refractivity contribution >= 4 is 0 Å². The molecule has 0 spiro atoms. The third kappa shape index (κ3) is 1.33. The lowest BCUT2D eigenvalue weighted by Gasteiger charge is -1.93. The fourth-order valence-corrected chi connectivity index (χ4v) is 0.734. The summed E-state index contributed by atoms with van der Waals surface area (Å²) >= 11 is 0. The molecule has 1 heterocycles. The average molecular weight is 143 g/mol. The zero-order valence-corrected chi connectivity index (χ0v) is 6.00. The number of hydrogen-bond donors (Lipinski definition) is 0. The number of nitriles is 2. The molecule has 0 aromatic carbocycles. The summed E-state index contributed by atoms with van der Waals surface area (Å²) < 4.78 is 0. The van der Waals surface area contributed by atoms with Gasteiger partial charge in [0.1, 0.15) is 17.8 Å². The maximum absolute atomic E-state index is 8.51. The van der Waals surface area contributed by atoms with Crippen molar-refractivity contribution in [3.05, 3.63) is 29.1 Å². The maximum Gasteiger partial charge on any atom is 0.140 e. The van der Waals surface area contributed by atoms with Gasteiger partial charge in [-0.05, 0) is 18.6 Å². The van der Waals surface area contributed by atoms with Crippen LogP contribution in [0.5, 0.6) is 0 Å². The molecule has 0 unspecified atom stereocenters. The SMILES string of the molecule is Cc1cc(C#N)ncc1C#N. The van der Waals surface area contributed by atoms with E-state index in [9.17, 15) is 0 Å². The number of hydrogen-bond acceptors (Lipinski definition) is 3. The summed E-state index contributed by atoms with van der Waals surface area (Å²) in [4.78, 5) is 3.75. The van der Waals surface area contributed by atoms with Gasteiger partial charge < -0.3 is 0 Å². The zero-order valence-electron chi connectivity index (χ0n) is 6.00. The van der Waals surface area contributed by atoms with Gasteiger partial charge in [0, 0.05) is 6.20 Å². The molecule has 11 heavy (non-hydrogen) atoms. The molecule has 1 aromatic rings. The molecule has 0 saturated heterocycles. The Balaban J connectivity index is 3.25. The lowest BCUT2D eigenvalue weighted by Crippen LogP contribution is -1.87. The van der Waals surface area contributed by atoms with Crippen LogP contribution in [0.2, 0.25) is 0 Å². The van der Waals surface area contributed by atoms with Crippen LogP contribution < -0.4 is 0 Å². The van der Waals surface area contributed by atoms with Crippen molar-refractivity contribution in [3.8, 4) is 12.1 Å². The van der Waals surface area contributed by atoms with Crippen LogP contribution in [0.1, 0.15) is 16.8 Å². The first-order valence-corrected chi connectivity index (χ1v) is 3.05. The number of rotatable bonds is 0. The van der Waals surface area contributed by atoms with Crippen LogP contribution in [-0.4, -0.2) is 4.98 Å². The van der Waals surface area contributed by atoms with E-state index in [1.165, 1.54) is 6.20 Å². The topological polar surface area (TPSA) is 60.5 Å². The van der Waals surface area contributed by atoms with E-state index in [-0.39, 0.29) is 0 Å². The molecule has 0 aliphatic rings. The molecule has 0 atom stereocenters. The summed E-state index contributed by atoms with van der Waals surface area (Å²) in [5.41, 5.74) is 1.66. The third-order valence-corrected chi connectivity index (χ3v) is 1.35. The highest BCUT2D eigenvalue weighted by atomic mass is 14.7. The first kappa shape index (κ1) is 7.24. The van der Waals surface area contributed by atoms with Crippen LogP contribution in [-0.2, 0) is 0 Å². The van der Waals surface area contributed by atoms with Crippen molar-refractivity contribution < 1.29 is 0 Å². The summed E-state index contributed by atoms with van der Waals surface area (Å²) in [5, 5.41) is 16.9. The Bertz CT molecular complexity index is 355. The lowest BCUT2D eigenvalue weighted by molar-refractivity contribution is 1.21. The van der Waals surface area contributed by atoms with E-state index < -0.39 is 0 Å². The quantitative estimate of drug-likeness (QED) is 0.547. The van der Waals surface area contributed by atoms with Crippen molar-refractivity contribution in [2.24, 2.45) is 0 Å². The molecule has 52 valence electrons. The number of aromatic nitrogens is 1. The van der Waals surface area contributed by atoms with E-state index in [1.54, 1.807) is 13.0 Å². The normalized spacial score (nSPS) is 8.27. The zero-order chi connectivity index (χ0) is 8.27. The molecule has 0 amide bonds. The number of aryl methyl sites for hydroxylation is 1. The van der Waals surface area contributed by atoms with Gasteiger partial charge in [0.25, 0.3) is 0 Å². The van der Waals surface area contributed by atoms with Crippen LogP contribution in [0.3, 0.4) is 0 Å². The Kier molecular flexibility index (Phi) is 1.85. The third-order valence-electron chi connectivity index (χ3n) is 1.35. The molecule has 0 fully saturated rings. The smallest absolute Gasteiger partial charge is 0.140 e. The minimum absolute atomic E-state index is 0.349. The van der Waals surface area contributed by atoms with Crippen molar-refractivity contribution in [1.82, 2.24) is 4.98 Å². The second kappa shape index (κ2) is 2.81. The fourth-order valence-electron chi connectivity index (χ4n) is 0.734. The minimum atomic E-state index is 0.349. The molecular weight excluding hydrogens is 138 g/mol. The summed E-state index contributed by atoms with van der Waals surface area (Å²) in [6.45, 7) is 1.78. The van der Waals surface area contributed by atoms with Gasteiger partial charge in [-0.25, -0.2) is 4.98 Å². The van der Waals surface area contributed by atoms with Crippen LogP contribution >= 0.6 is 0 Å². The van der Waals surface area contributed by atoms with Gasteiger partial charge in [0.2, 0.25) is 0 Å². The van der Waals surface area contributed by atoms with Crippen molar-refractivity contribution in [1.29, 1.82) is 10.5 Å². The van der Waals surface area contributed by atoms with Gasteiger partial charge in [0.05, 0.1) is 5.56 Å². The minimum Gasteiger partial charge on any atom is -0.244 e. The Labute approximate surface area is 64.5 Å². The van der Waals surface area contributed by atoms with E-state index in [0.29, 0.717) is 11.3 Å². The molecule has 3 heteroatoms.